The maximum absolute atomic E-state index is 11.7. The first-order chi connectivity index (χ1) is 12.5. The summed E-state index contributed by atoms with van der Waals surface area (Å²) < 4.78 is 5.86. The van der Waals surface area contributed by atoms with Gasteiger partial charge >= 0.3 is 0 Å². The van der Waals surface area contributed by atoms with Crippen molar-refractivity contribution in [3.05, 3.63) is 59.0 Å². The van der Waals surface area contributed by atoms with Gasteiger partial charge in [-0.1, -0.05) is 12.1 Å². The number of primary amides is 1. The molecule has 0 saturated carbocycles. The molecule has 1 saturated heterocycles. The van der Waals surface area contributed by atoms with E-state index in [1.165, 1.54) is 6.08 Å². The predicted octanol–water partition coefficient (Wildman–Crippen LogP) is 2.92. The highest BCUT2D eigenvalue weighted by atomic mass is 32.2. The number of benzene rings is 1. The molecule has 0 unspecified atom stereocenters. The zero-order valence-corrected chi connectivity index (χ0v) is 14.0. The lowest BCUT2D eigenvalue weighted by molar-refractivity contribution is -0.115. The summed E-state index contributed by atoms with van der Waals surface area (Å²) in [6.45, 7) is 0. The SMILES string of the molecule is NC(=O)c1ccc(-c2cncc3cc(C=C4SC(=O)NC4=O)oc23)cc1. The van der Waals surface area contributed by atoms with Gasteiger partial charge in [-0.25, -0.2) is 0 Å². The molecule has 3 heterocycles. The van der Waals surface area contributed by atoms with Crippen LogP contribution in [0.25, 0.3) is 28.2 Å². The van der Waals surface area contributed by atoms with Crippen LogP contribution < -0.4 is 11.1 Å². The summed E-state index contributed by atoms with van der Waals surface area (Å²) in [6, 6.07) is 8.53. The van der Waals surface area contributed by atoms with Crippen molar-refractivity contribution in [2.45, 2.75) is 0 Å². The molecule has 3 aromatic rings. The zero-order valence-electron chi connectivity index (χ0n) is 13.2. The average molecular weight is 365 g/mol. The normalized spacial score (nSPS) is 15.6. The molecule has 0 atom stereocenters. The van der Waals surface area contributed by atoms with E-state index in [-0.39, 0.29) is 4.91 Å². The number of nitrogens with two attached hydrogens (primary N) is 1. The fraction of sp³-hybridized carbons (Fsp3) is 0. The van der Waals surface area contributed by atoms with Crippen LogP contribution >= 0.6 is 11.8 Å². The first-order valence-corrected chi connectivity index (χ1v) is 8.35. The van der Waals surface area contributed by atoms with Gasteiger partial charge in [0.15, 0.2) is 0 Å². The second-order valence-corrected chi connectivity index (χ2v) is 6.56. The molecule has 0 radical (unpaired) electrons. The maximum atomic E-state index is 11.7. The average Bonchev–Trinajstić information content (AvgIpc) is 3.17. The summed E-state index contributed by atoms with van der Waals surface area (Å²) in [5.74, 6) is -0.502. The zero-order chi connectivity index (χ0) is 18.3. The lowest BCUT2D eigenvalue weighted by atomic mass is 10.0. The fourth-order valence-corrected chi connectivity index (χ4v) is 3.29. The second kappa shape index (κ2) is 6.16. The summed E-state index contributed by atoms with van der Waals surface area (Å²) in [7, 11) is 0. The number of aromatic nitrogens is 1. The van der Waals surface area contributed by atoms with Crippen LogP contribution in [0, 0.1) is 0 Å². The topological polar surface area (TPSA) is 115 Å². The first-order valence-electron chi connectivity index (χ1n) is 7.54. The van der Waals surface area contributed by atoms with Crippen LogP contribution in [0.15, 0.2) is 52.0 Å². The van der Waals surface area contributed by atoms with Crippen LogP contribution in [-0.4, -0.2) is 22.0 Å². The standard InChI is InChI=1S/C18H11N3O4S/c19-16(22)10-3-1-9(2-4-10)13-8-20-7-11-5-12(25-15(11)13)6-14-17(23)21-18(24)26-14/h1-8H,(H2,19,22)(H,21,23,24). The van der Waals surface area contributed by atoms with Crippen molar-refractivity contribution in [1.82, 2.24) is 10.3 Å². The molecule has 0 aliphatic carbocycles. The van der Waals surface area contributed by atoms with Gasteiger partial charge in [0.25, 0.3) is 11.1 Å². The molecule has 128 valence electrons. The quantitative estimate of drug-likeness (QED) is 0.690. The number of thioether (sulfide) groups is 1. The Morgan fingerprint density at radius 2 is 1.96 bits per heavy atom. The lowest BCUT2D eigenvalue weighted by Gasteiger charge is -2.03. The lowest BCUT2D eigenvalue weighted by Crippen LogP contribution is -2.17. The van der Waals surface area contributed by atoms with E-state index in [0.29, 0.717) is 16.9 Å². The van der Waals surface area contributed by atoms with Gasteiger partial charge in [0.1, 0.15) is 11.3 Å². The number of fused-ring (bicyclic) bond motifs is 1. The van der Waals surface area contributed by atoms with Crippen molar-refractivity contribution in [3.8, 4) is 11.1 Å². The first kappa shape index (κ1) is 16.1. The predicted molar refractivity (Wildman–Crippen MR) is 97.1 cm³/mol. The van der Waals surface area contributed by atoms with Gasteiger partial charge in [-0.05, 0) is 35.5 Å². The number of carbonyl (C=O) groups excluding carboxylic acids is 3. The largest absolute Gasteiger partial charge is 0.456 e. The van der Waals surface area contributed by atoms with Crippen molar-refractivity contribution in [1.29, 1.82) is 0 Å². The Bertz CT molecular complexity index is 1100. The molecule has 2 aromatic heterocycles. The molecule has 1 aliphatic heterocycles. The number of hydrogen-bond acceptors (Lipinski definition) is 6. The number of furan rings is 1. The molecular formula is C18H11N3O4S. The van der Waals surface area contributed by atoms with Crippen molar-refractivity contribution in [3.63, 3.8) is 0 Å². The third-order valence-corrected chi connectivity index (χ3v) is 4.65. The van der Waals surface area contributed by atoms with Crippen LogP contribution in [0.3, 0.4) is 0 Å². The van der Waals surface area contributed by atoms with E-state index in [0.717, 1.165) is 28.3 Å². The number of imide groups is 1. The monoisotopic (exact) mass is 365 g/mol. The summed E-state index contributed by atoms with van der Waals surface area (Å²) in [6.07, 6.45) is 4.82. The fourth-order valence-electron chi connectivity index (χ4n) is 2.62. The van der Waals surface area contributed by atoms with Gasteiger partial charge in [-0.3, -0.25) is 24.7 Å². The van der Waals surface area contributed by atoms with Crippen molar-refractivity contribution >= 4 is 45.9 Å². The molecule has 7 nitrogen and oxygen atoms in total. The Morgan fingerprint density at radius 3 is 2.62 bits per heavy atom. The number of nitrogens with one attached hydrogen (secondary N) is 1. The second-order valence-electron chi connectivity index (χ2n) is 5.55. The van der Waals surface area contributed by atoms with E-state index >= 15 is 0 Å². The van der Waals surface area contributed by atoms with Crippen LogP contribution in [0.1, 0.15) is 16.1 Å². The Kier molecular flexibility index (Phi) is 3.81. The minimum atomic E-state index is -0.498. The maximum Gasteiger partial charge on any atom is 0.290 e. The Morgan fingerprint density at radius 1 is 1.19 bits per heavy atom. The Hall–Kier alpha value is -3.39. The summed E-state index contributed by atoms with van der Waals surface area (Å²) in [4.78, 5) is 38.6. The summed E-state index contributed by atoms with van der Waals surface area (Å²) >= 11 is 0.825. The summed E-state index contributed by atoms with van der Waals surface area (Å²) in [5.41, 5.74) is 7.81. The van der Waals surface area contributed by atoms with Crippen LogP contribution in [-0.2, 0) is 4.79 Å². The molecule has 0 bridgehead atoms. The number of rotatable bonds is 3. The molecule has 1 aliphatic rings. The highest BCUT2D eigenvalue weighted by Crippen LogP contribution is 2.32. The van der Waals surface area contributed by atoms with E-state index in [4.69, 9.17) is 10.2 Å². The van der Waals surface area contributed by atoms with Gasteiger partial charge < -0.3 is 10.2 Å². The molecule has 0 spiro atoms. The van der Waals surface area contributed by atoms with Crippen molar-refractivity contribution in [2.24, 2.45) is 5.73 Å². The molecule has 3 amide bonds. The van der Waals surface area contributed by atoms with Crippen LogP contribution in [0.2, 0.25) is 0 Å². The Balaban J connectivity index is 1.76. The van der Waals surface area contributed by atoms with E-state index < -0.39 is 17.1 Å². The third-order valence-electron chi connectivity index (χ3n) is 3.84. The van der Waals surface area contributed by atoms with Gasteiger partial charge in [-0.2, -0.15) is 0 Å². The Labute approximate surface area is 151 Å². The molecule has 8 heteroatoms. The van der Waals surface area contributed by atoms with Crippen molar-refractivity contribution in [2.75, 3.05) is 0 Å². The van der Waals surface area contributed by atoms with Gasteiger partial charge in [0, 0.05) is 35.0 Å². The van der Waals surface area contributed by atoms with Gasteiger partial charge in [-0.15, -0.1) is 0 Å². The minimum Gasteiger partial charge on any atom is -0.456 e. The number of carbonyl (C=O) groups is 3. The third kappa shape index (κ3) is 2.86. The van der Waals surface area contributed by atoms with E-state index in [2.05, 4.69) is 10.3 Å². The highest BCUT2D eigenvalue weighted by Gasteiger charge is 2.25. The highest BCUT2D eigenvalue weighted by molar-refractivity contribution is 8.18. The summed E-state index contributed by atoms with van der Waals surface area (Å²) in [5, 5.41) is 2.54. The minimum absolute atomic E-state index is 0.273. The molecular weight excluding hydrogens is 354 g/mol. The van der Waals surface area contributed by atoms with Crippen LogP contribution in [0.5, 0.6) is 0 Å². The van der Waals surface area contributed by atoms with E-state index in [1.54, 1.807) is 42.7 Å². The molecule has 1 aromatic carbocycles. The van der Waals surface area contributed by atoms with E-state index in [1.807, 2.05) is 0 Å². The number of amides is 3. The van der Waals surface area contributed by atoms with Crippen molar-refractivity contribution < 1.29 is 18.8 Å². The van der Waals surface area contributed by atoms with E-state index in [9.17, 15) is 14.4 Å². The molecule has 26 heavy (non-hydrogen) atoms. The smallest absolute Gasteiger partial charge is 0.290 e. The van der Waals surface area contributed by atoms with Crippen LogP contribution in [0.4, 0.5) is 4.79 Å². The number of pyridine rings is 1. The van der Waals surface area contributed by atoms with Gasteiger partial charge in [0.05, 0.1) is 4.91 Å². The molecule has 3 N–H and O–H groups in total. The number of nitrogens with zero attached hydrogens (tertiary/aromatic N) is 1. The molecule has 4 rings (SSSR count). The molecule has 1 fully saturated rings. The van der Waals surface area contributed by atoms with Gasteiger partial charge in [0.2, 0.25) is 5.91 Å². The number of hydrogen-bond donors (Lipinski definition) is 2.